The predicted octanol–water partition coefficient (Wildman–Crippen LogP) is 2.40. The first-order chi connectivity index (χ1) is 7.41. The van der Waals surface area contributed by atoms with E-state index in [0.717, 1.165) is 5.56 Å². The highest BCUT2D eigenvalue weighted by Crippen LogP contribution is 2.14. The number of carbonyl (C=O) groups is 1. The molecule has 1 aromatic heterocycles. The Kier molecular flexibility index (Phi) is 3.88. The number of pyridine rings is 1. The van der Waals surface area contributed by atoms with Crippen LogP contribution in [0.2, 0.25) is 0 Å². The smallest absolute Gasteiger partial charge is 0.407 e. The van der Waals surface area contributed by atoms with Crippen molar-refractivity contribution >= 4 is 6.09 Å². The van der Waals surface area contributed by atoms with Crippen LogP contribution in [0.4, 0.5) is 4.79 Å². The minimum absolute atomic E-state index is 0.362. The summed E-state index contributed by atoms with van der Waals surface area (Å²) in [4.78, 5) is 16.5. The Bertz CT molecular complexity index is 344. The molecule has 0 aliphatic carbocycles. The molecule has 0 radical (unpaired) electrons. The van der Waals surface area contributed by atoms with Crippen LogP contribution < -0.4 is 0 Å². The summed E-state index contributed by atoms with van der Waals surface area (Å²) < 4.78 is 0. The average molecular weight is 222 g/mol. The topological polar surface area (TPSA) is 53.4 Å². The van der Waals surface area contributed by atoms with Gasteiger partial charge in [0.25, 0.3) is 0 Å². The van der Waals surface area contributed by atoms with Crippen LogP contribution in [0.3, 0.4) is 0 Å². The highest BCUT2D eigenvalue weighted by atomic mass is 16.4. The Balaban J connectivity index is 2.62. The average Bonchev–Trinajstić information content (AvgIpc) is 2.17. The first-order valence-corrected chi connectivity index (χ1v) is 5.31. The molecular weight excluding hydrogens is 204 g/mol. The number of carboxylic acid groups (broad SMARTS) is 1. The molecule has 0 fully saturated rings. The van der Waals surface area contributed by atoms with Crippen LogP contribution in [0.1, 0.15) is 26.3 Å². The Morgan fingerprint density at radius 1 is 1.38 bits per heavy atom. The fourth-order valence-corrected chi connectivity index (χ4v) is 1.51. The molecule has 88 valence electrons. The molecule has 1 N–H and O–H groups in total. The molecule has 16 heavy (non-hydrogen) atoms. The summed E-state index contributed by atoms with van der Waals surface area (Å²) in [5, 5.41) is 9.10. The summed E-state index contributed by atoms with van der Waals surface area (Å²) in [5.74, 6) is 0. The van der Waals surface area contributed by atoms with Gasteiger partial charge >= 0.3 is 6.09 Å². The van der Waals surface area contributed by atoms with E-state index in [-0.39, 0.29) is 5.54 Å². The Labute approximate surface area is 95.9 Å². The van der Waals surface area contributed by atoms with Crippen LogP contribution in [0.25, 0.3) is 0 Å². The van der Waals surface area contributed by atoms with E-state index >= 15 is 0 Å². The molecule has 4 nitrogen and oxygen atoms in total. The standard InChI is InChI=1S/C12H18N2O2/c1-12(2,3)14(11(15)16)9-6-10-4-7-13-8-5-10/h4-5,7-8H,6,9H2,1-3H3,(H,15,16). The summed E-state index contributed by atoms with van der Waals surface area (Å²) in [6.45, 7) is 6.19. The molecule has 4 heteroatoms. The van der Waals surface area contributed by atoms with Crippen molar-refractivity contribution in [2.45, 2.75) is 32.7 Å². The maximum atomic E-state index is 11.1. The molecule has 0 unspecified atom stereocenters. The quantitative estimate of drug-likeness (QED) is 0.854. The van der Waals surface area contributed by atoms with E-state index in [0.29, 0.717) is 13.0 Å². The number of aromatic nitrogens is 1. The normalized spacial score (nSPS) is 11.2. The van der Waals surface area contributed by atoms with Gasteiger partial charge in [0.2, 0.25) is 0 Å². The van der Waals surface area contributed by atoms with Crippen LogP contribution in [0, 0.1) is 0 Å². The van der Waals surface area contributed by atoms with Crippen LogP contribution in [0.15, 0.2) is 24.5 Å². The first kappa shape index (κ1) is 12.5. The maximum absolute atomic E-state index is 11.1. The van der Waals surface area contributed by atoms with Crippen molar-refractivity contribution in [2.24, 2.45) is 0 Å². The van der Waals surface area contributed by atoms with Crippen molar-refractivity contribution in [3.05, 3.63) is 30.1 Å². The maximum Gasteiger partial charge on any atom is 0.407 e. The lowest BCUT2D eigenvalue weighted by atomic mass is 10.1. The summed E-state index contributed by atoms with van der Waals surface area (Å²) in [5.41, 5.74) is 0.740. The van der Waals surface area contributed by atoms with E-state index in [9.17, 15) is 4.79 Å². The summed E-state index contributed by atoms with van der Waals surface area (Å²) in [7, 11) is 0. The second kappa shape index (κ2) is 4.96. The predicted molar refractivity (Wildman–Crippen MR) is 62.4 cm³/mol. The van der Waals surface area contributed by atoms with Crippen molar-refractivity contribution in [3.63, 3.8) is 0 Å². The zero-order chi connectivity index (χ0) is 12.2. The fourth-order valence-electron chi connectivity index (χ4n) is 1.51. The van der Waals surface area contributed by atoms with Gasteiger partial charge in [0.05, 0.1) is 0 Å². The van der Waals surface area contributed by atoms with Gasteiger partial charge in [-0.25, -0.2) is 4.79 Å². The molecule has 0 spiro atoms. The number of amides is 1. The Hall–Kier alpha value is -1.58. The molecule has 1 heterocycles. The molecule has 0 atom stereocenters. The third-order valence-corrected chi connectivity index (χ3v) is 2.41. The summed E-state index contributed by atoms with van der Waals surface area (Å²) in [6.07, 6.45) is 3.28. The van der Waals surface area contributed by atoms with Gasteiger partial charge < -0.3 is 10.0 Å². The van der Waals surface area contributed by atoms with Crippen molar-refractivity contribution < 1.29 is 9.90 Å². The molecule has 0 aromatic carbocycles. The van der Waals surface area contributed by atoms with Crippen LogP contribution in [-0.2, 0) is 6.42 Å². The summed E-state index contributed by atoms with van der Waals surface area (Å²) in [6, 6.07) is 3.81. The third kappa shape index (κ3) is 3.53. The molecular formula is C12H18N2O2. The molecule has 0 saturated heterocycles. The molecule has 1 rings (SSSR count). The van der Waals surface area contributed by atoms with Gasteiger partial charge in [-0.05, 0) is 44.9 Å². The number of rotatable bonds is 3. The number of hydrogen-bond acceptors (Lipinski definition) is 2. The van der Waals surface area contributed by atoms with E-state index in [1.807, 2.05) is 32.9 Å². The lowest BCUT2D eigenvalue weighted by Crippen LogP contribution is -2.45. The highest BCUT2D eigenvalue weighted by molar-refractivity contribution is 5.66. The van der Waals surface area contributed by atoms with Gasteiger partial charge in [0.15, 0.2) is 0 Å². The van der Waals surface area contributed by atoms with Crippen LogP contribution >= 0.6 is 0 Å². The molecule has 0 bridgehead atoms. The summed E-state index contributed by atoms with van der Waals surface area (Å²) >= 11 is 0. The molecule has 1 aromatic rings. The lowest BCUT2D eigenvalue weighted by molar-refractivity contribution is 0.101. The van der Waals surface area contributed by atoms with Crippen molar-refractivity contribution in [3.8, 4) is 0 Å². The SMILES string of the molecule is CC(C)(C)N(CCc1ccncc1)C(=O)O. The van der Waals surface area contributed by atoms with Gasteiger partial charge in [0, 0.05) is 24.5 Å². The van der Waals surface area contributed by atoms with Gasteiger partial charge in [-0.15, -0.1) is 0 Å². The van der Waals surface area contributed by atoms with Gasteiger partial charge in [0.1, 0.15) is 0 Å². The van der Waals surface area contributed by atoms with E-state index in [4.69, 9.17) is 5.11 Å². The number of hydrogen-bond donors (Lipinski definition) is 1. The van der Waals surface area contributed by atoms with Crippen molar-refractivity contribution in [2.75, 3.05) is 6.54 Å². The highest BCUT2D eigenvalue weighted by Gasteiger charge is 2.25. The monoisotopic (exact) mass is 222 g/mol. The Morgan fingerprint density at radius 2 is 1.94 bits per heavy atom. The van der Waals surface area contributed by atoms with Crippen LogP contribution in [0.5, 0.6) is 0 Å². The molecule has 0 saturated carbocycles. The first-order valence-electron chi connectivity index (χ1n) is 5.31. The van der Waals surface area contributed by atoms with Crippen LogP contribution in [-0.4, -0.2) is 33.2 Å². The zero-order valence-corrected chi connectivity index (χ0v) is 9.97. The zero-order valence-electron chi connectivity index (χ0n) is 9.97. The van der Waals surface area contributed by atoms with E-state index in [1.165, 1.54) is 4.90 Å². The fraction of sp³-hybridized carbons (Fsp3) is 0.500. The molecule has 0 aliphatic rings. The van der Waals surface area contributed by atoms with Crippen molar-refractivity contribution in [1.29, 1.82) is 0 Å². The minimum Gasteiger partial charge on any atom is -0.465 e. The van der Waals surface area contributed by atoms with Gasteiger partial charge in [-0.2, -0.15) is 0 Å². The van der Waals surface area contributed by atoms with Gasteiger partial charge in [-0.3, -0.25) is 4.98 Å². The van der Waals surface area contributed by atoms with Gasteiger partial charge in [-0.1, -0.05) is 0 Å². The second-order valence-electron chi connectivity index (χ2n) is 4.71. The van der Waals surface area contributed by atoms with E-state index in [1.54, 1.807) is 12.4 Å². The van der Waals surface area contributed by atoms with Crippen molar-refractivity contribution in [1.82, 2.24) is 9.88 Å². The minimum atomic E-state index is -0.874. The lowest BCUT2D eigenvalue weighted by Gasteiger charge is -2.33. The largest absolute Gasteiger partial charge is 0.465 e. The van der Waals surface area contributed by atoms with E-state index < -0.39 is 6.09 Å². The second-order valence-corrected chi connectivity index (χ2v) is 4.71. The number of nitrogens with zero attached hydrogens (tertiary/aromatic N) is 2. The van der Waals surface area contributed by atoms with E-state index in [2.05, 4.69) is 4.98 Å². The molecule has 0 aliphatic heterocycles. The third-order valence-electron chi connectivity index (χ3n) is 2.41. The Morgan fingerprint density at radius 3 is 2.38 bits per heavy atom. The molecule has 1 amide bonds.